The number of rotatable bonds is 3. The Kier molecular flexibility index (Phi) is 3.90. The second-order valence-corrected chi connectivity index (χ2v) is 5.30. The van der Waals surface area contributed by atoms with Crippen molar-refractivity contribution < 1.29 is 17.9 Å². The third kappa shape index (κ3) is 3.13. The lowest BCUT2D eigenvalue weighted by Crippen LogP contribution is -2.22. The molecule has 0 saturated carbocycles. The summed E-state index contributed by atoms with van der Waals surface area (Å²) in [5, 5.41) is 4.48. The normalized spacial score (nSPS) is 17.2. The molecule has 1 aliphatic rings. The molecular weight excluding hydrogens is 301 g/mol. The zero-order valence-electron chi connectivity index (χ0n) is 11.7. The van der Waals surface area contributed by atoms with E-state index in [9.17, 15) is 18.0 Å². The third-order valence-electron chi connectivity index (χ3n) is 3.69. The minimum absolute atomic E-state index is 0.0311. The number of ether oxygens (including phenoxy) is 1. The zero-order chi connectivity index (χ0) is 15.7. The van der Waals surface area contributed by atoms with E-state index in [4.69, 9.17) is 4.74 Å². The first-order chi connectivity index (χ1) is 10.4. The molecule has 0 spiro atoms. The number of aryl methyl sites for hydroxylation is 1. The zero-order valence-corrected chi connectivity index (χ0v) is 11.7. The van der Waals surface area contributed by atoms with Gasteiger partial charge in [-0.15, -0.1) is 0 Å². The van der Waals surface area contributed by atoms with Crippen LogP contribution in [0.4, 0.5) is 13.2 Å². The average Bonchev–Trinajstić information content (AvgIpc) is 2.90. The quantitative estimate of drug-likeness (QED) is 0.939. The third-order valence-corrected chi connectivity index (χ3v) is 3.69. The molecule has 22 heavy (non-hydrogen) atoms. The monoisotopic (exact) mass is 316 g/mol. The molecule has 0 atom stereocenters. The van der Waals surface area contributed by atoms with E-state index >= 15 is 0 Å². The molecule has 1 N–H and O–H groups in total. The lowest BCUT2D eigenvalue weighted by molar-refractivity contribution is -0.134. The second kappa shape index (κ2) is 5.71. The summed E-state index contributed by atoms with van der Waals surface area (Å²) in [7, 11) is 0. The van der Waals surface area contributed by atoms with E-state index in [0.717, 1.165) is 12.8 Å². The van der Waals surface area contributed by atoms with Crippen molar-refractivity contribution in [2.45, 2.75) is 37.9 Å². The lowest BCUT2D eigenvalue weighted by atomic mass is 10.1. The number of hydrogen-bond acceptors (Lipinski definition) is 4. The molecule has 9 heteroatoms. The van der Waals surface area contributed by atoms with Crippen molar-refractivity contribution in [1.29, 1.82) is 0 Å². The highest BCUT2D eigenvalue weighted by Crippen LogP contribution is 2.24. The van der Waals surface area contributed by atoms with Gasteiger partial charge in [0.2, 0.25) is 0 Å². The van der Waals surface area contributed by atoms with Gasteiger partial charge in [0.05, 0.1) is 18.7 Å². The summed E-state index contributed by atoms with van der Waals surface area (Å²) in [6.45, 7) is 1.19. The van der Waals surface area contributed by atoms with Gasteiger partial charge in [0.1, 0.15) is 11.2 Å². The molecule has 0 aliphatic carbocycles. The first kappa shape index (κ1) is 15.0. The van der Waals surface area contributed by atoms with Gasteiger partial charge in [0.25, 0.3) is 5.56 Å². The molecule has 2 aromatic rings. The molecule has 0 bridgehead atoms. The Morgan fingerprint density at radius 3 is 2.77 bits per heavy atom. The molecule has 1 fully saturated rings. The van der Waals surface area contributed by atoms with Crippen LogP contribution < -0.4 is 5.56 Å². The van der Waals surface area contributed by atoms with Crippen LogP contribution in [0.2, 0.25) is 0 Å². The number of nitrogens with zero attached hydrogens (tertiary/aromatic N) is 3. The highest BCUT2D eigenvalue weighted by Gasteiger charge is 2.27. The fourth-order valence-electron chi connectivity index (χ4n) is 2.56. The van der Waals surface area contributed by atoms with Crippen molar-refractivity contribution >= 4 is 11.0 Å². The van der Waals surface area contributed by atoms with Crippen LogP contribution in [0.5, 0.6) is 0 Å². The fraction of sp³-hybridized carbons (Fsp3) is 0.615. The number of halogens is 3. The fourth-order valence-corrected chi connectivity index (χ4v) is 2.56. The minimum atomic E-state index is -4.28. The topological polar surface area (TPSA) is 72.8 Å². The average molecular weight is 316 g/mol. The van der Waals surface area contributed by atoms with Gasteiger partial charge in [-0.05, 0) is 12.8 Å². The van der Waals surface area contributed by atoms with Gasteiger partial charge in [0, 0.05) is 19.6 Å². The molecule has 3 rings (SSSR count). The Morgan fingerprint density at radius 1 is 1.36 bits per heavy atom. The lowest BCUT2D eigenvalue weighted by Gasteiger charge is -2.22. The van der Waals surface area contributed by atoms with E-state index in [2.05, 4.69) is 15.1 Å². The summed E-state index contributed by atoms with van der Waals surface area (Å²) in [5.41, 5.74) is -0.117. The van der Waals surface area contributed by atoms with Gasteiger partial charge in [-0.2, -0.15) is 18.3 Å². The van der Waals surface area contributed by atoms with Crippen LogP contribution >= 0.6 is 0 Å². The van der Waals surface area contributed by atoms with Crippen LogP contribution in [0.15, 0.2) is 11.0 Å². The number of H-pyrrole nitrogens is 1. The Labute approximate surface area is 123 Å². The summed E-state index contributed by atoms with van der Waals surface area (Å²) >= 11 is 0. The number of hydrogen-bond donors (Lipinski definition) is 1. The van der Waals surface area contributed by atoms with Crippen LogP contribution in [0.25, 0.3) is 11.0 Å². The molecular formula is C13H15F3N4O2. The van der Waals surface area contributed by atoms with Gasteiger partial charge in [-0.1, -0.05) is 0 Å². The maximum atomic E-state index is 12.3. The van der Waals surface area contributed by atoms with E-state index in [-0.39, 0.29) is 18.3 Å². The van der Waals surface area contributed by atoms with Crippen molar-refractivity contribution in [3.8, 4) is 0 Å². The highest BCUT2D eigenvalue weighted by atomic mass is 19.4. The number of nitrogens with one attached hydrogen (secondary N) is 1. The molecule has 6 nitrogen and oxygen atoms in total. The smallest absolute Gasteiger partial charge is 0.381 e. The van der Waals surface area contributed by atoms with Gasteiger partial charge in [-0.25, -0.2) is 9.67 Å². The van der Waals surface area contributed by atoms with Crippen molar-refractivity contribution in [3.05, 3.63) is 22.4 Å². The first-order valence-electron chi connectivity index (χ1n) is 7.05. The van der Waals surface area contributed by atoms with Crippen LogP contribution in [0.1, 0.15) is 31.1 Å². The summed E-state index contributed by atoms with van der Waals surface area (Å²) in [6, 6.07) is 0.0519. The van der Waals surface area contributed by atoms with Gasteiger partial charge >= 0.3 is 6.18 Å². The van der Waals surface area contributed by atoms with Crippen LogP contribution in [0, 0.1) is 0 Å². The second-order valence-electron chi connectivity index (χ2n) is 5.30. The maximum Gasteiger partial charge on any atom is 0.389 e. The molecule has 120 valence electrons. The molecule has 2 aromatic heterocycles. The number of fused-ring (bicyclic) bond motifs is 1. The van der Waals surface area contributed by atoms with E-state index in [0.29, 0.717) is 24.2 Å². The van der Waals surface area contributed by atoms with Crippen LogP contribution in [-0.4, -0.2) is 39.1 Å². The van der Waals surface area contributed by atoms with Gasteiger partial charge in [0.15, 0.2) is 5.65 Å². The van der Waals surface area contributed by atoms with E-state index in [1.807, 2.05) is 0 Å². The van der Waals surface area contributed by atoms with Crippen molar-refractivity contribution in [2.75, 3.05) is 13.2 Å². The van der Waals surface area contributed by atoms with Crippen LogP contribution in [0.3, 0.4) is 0 Å². The predicted octanol–water partition coefficient (Wildman–Crippen LogP) is 1.97. The summed E-state index contributed by atoms with van der Waals surface area (Å²) in [6.07, 6.45) is -2.77. The number of aromatic amines is 1. The van der Waals surface area contributed by atoms with Gasteiger partial charge < -0.3 is 9.72 Å². The molecule has 0 aromatic carbocycles. The molecule has 3 heterocycles. The minimum Gasteiger partial charge on any atom is -0.381 e. The highest BCUT2D eigenvalue weighted by molar-refractivity contribution is 5.73. The Bertz CT molecular complexity index is 716. The SMILES string of the molecule is O=c1[nH]c(CCC(F)(F)F)nc2c1cnn2C1CCOCC1. The molecule has 0 unspecified atom stereocenters. The predicted molar refractivity (Wildman–Crippen MR) is 71.6 cm³/mol. The molecule has 1 saturated heterocycles. The molecule has 1 aliphatic heterocycles. The van der Waals surface area contributed by atoms with Crippen molar-refractivity contribution in [1.82, 2.24) is 19.7 Å². The van der Waals surface area contributed by atoms with Crippen molar-refractivity contribution in [2.24, 2.45) is 0 Å². The number of alkyl halides is 3. The van der Waals surface area contributed by atoms with E-state index in [1.165, 1.54) is 6.20 Å². The Balaban J connectivity index is 1.94. The summed E-state index contributed by atoms with van der Waals surface area (Å²) < 4.78 is 43.9. The maximum absolute atomic E-state index is 12.3. The summed E-state index contributed by atoms with van der Waals surface area (Å²) in [4.78, 5) is 18.5. The van der Waals surface area contributed by atoms with Gasteiger partial charge in [-0.3, -0.25) is 4.79 Å². The summed E-state index contributed by atoms with van der Waals surface area (Å²) in [5.74, 6) is 0.0311. The first-order valence-corrected chi connectivity index (χ1v) is 7.05. The van der Waals surface area contributed by atoms with Crippen molar-refractivity contribution in [3.63, 3.8) is 0 Å². The van der Waals surface area contributed by atoms with Crippen LogP contribution in [-0.2, 0) is 11.2 Å². The Hall–Kier alpha value is -1.90. The number of aromatic nitrogens is 4. The van der Waals surface area contributed by atoms with E-state index in [1.54, 1.807) is 4.68 Å². The Morgan fingerprint density at radius 2 is 2.09 bits per heavy atom. The van der Waals surface area contributed by atoms with E-state index < -0.39 is 18.2 Å². The largest absolute Gasteiger partial charge is 0.389 e. The molecule has 0 radical (unpaired) electrons. The molecule has 0 amide bonds. The standard InChI is InChI=1S/C13H15F3N4O2/c14-13(15,16)4-1-10-18-11-9(12(21)19-10)7-17-20(11)8-2-5-22-6-3-8/h7-8H,1-6H2,(H,18,19,21).